The molecule has 1 atom stereocenters. The van der Waals surface area contributed by atoms with Crippen molar-refractivity contribution < 1.29 is 5.11 Å². The molecule has 3 N–H and O–H groups in total. The minimum absolute atomic E-state index is 0.0198. The van der Waals surface area contributed by atoms with Crippen LogP contribution in [0.4, 0.5) is 0 Å². The molecule has 0 spiro atoms. The second-order valence-corrected chi connectivity index (χ2v) is 6.24. The molecule has 1 aromatic carbocycles. The van der Waals surface area contributed by atoms with Gasteiger partial charge >= 0.3 is 0 Å². The van der Waals surface area contributed by atoms with Gasteiger partial charge in [0.2, 0.25) is 0 Å². The van der Waals surface area contributed by atoms with E-state index in [9.17, 15) is 5.11 Å². The monoisotopic (exact) mass is 276 g/mol. The number of nitrogens with zero attached hydrogens (tertiary/aromatic N) is 1. The zero-order valence-corrected chi connectivity index (χ0v) is 12.6. The van der Waals surface area contributed by atoms with Gasteiger partial charge in [0.15, 0.2) is 0 Å². The molecule has 1 fully saturated rings. The standard InChI is InChI=1S/C17H28N2O/c1-19(16-11-7-2-3-8-12-16)13-17(18,14-20)15-9-5-4-6-10-15/h4-6,9-10,16,20H,2-3,7-8,11-14,18H2,1H3. The third-order valence-electron chi connectivity index (χ3n) is 4.61. The summed E-state index contributed by atoms with van der Waals surface area (Å²) in [5.41, 5.74) is 6.83. The summed E-state index contributed by atoms with van der Waals surface area (Å²) >= 11 is 0. The Bertz CT molecular complexity index is 387. The number of nitrogens with two attached hydrogens (primary N) is 1. The molecule has 0 bridgehead atoms. The molecule has 1 aliphatic rings. The summed E-state index contributed by atoms with van der Waals surface area (Å²) < 4.78 is 0. The van der Waals surface area contributed by atoms with E-state index < -0.39 is 5.54 Å². The average molecular weight is 276 g/mol. The normalized spacial score (nSPS) is 20.6. The third kappa shape index (κ3) is 3.81. The molecule has 20 heavy (non-hydrogen) atoms. The van der Waals surface area contributed by atoms with Crippen molar-refractivity contribution in [1.82, 2.24) is 4.90 Å². The summed E-state index contributed by atoms with van der Waals surface area (Å²) in [5.74, 6) is 0. The zero-order valence-electron chi connectivity index (χ0n) is 12.6. The molecule has 0 aliphatic heterocycles. The van der Waals surface area contributed by atoms with Crippen molar-refractivity contribution in [3.8, 4) is 0 Å². The Labute approximate surface area is 122 Å². The predicted molar refractivity (Wildman–Crippen MR) is 83.5 cm³/mol. The summed E-state index contributed by atoms with van der Waals surface area (Å²) in [5, 5.41) is 9.79. The molecule has 1 aromatic rings. The highest BCUT2D eigenvalue weighted by Crippen LogP contribution is 2.25. The van der Waals surface area contributed by atoms with Crippen molar-refractivity contribution in [3.05, 3.63) is 35.9 Å². The first-order chi connectivity index (χ1) is 9.65. The van der Waals surface area contributed by atoms with Crippen LogP contribution in [0.3, 0.4) is 0 Å². The van der Waals surface area contributed by atoms with Gasteiger partial charge in [0.05, 0.1) is 12.1 Å². The second-order valence-electron chi connectivity index (χ2n) is 6.24. The van der Waals surface area contributed by atoms with Crippen LogP contribution in [-0.2, 0) is 5.54 Å². The molecule has 0 aromatic heterocycles. The number of aliphatic hydroxyl groups excluding tert-OH is 1. The van der Waals surface area contributed by atoms with Crippen LogP contribution < -0.4 is 5.73 Å². The molecule has 0 heterocycles. The summed E-state index contributed by atoms with van der Waals surface area (Å²) in [6.45, 7) is 0.687. The van der Waals surface area contributed by atoms with Crippen LogP contribution >= 0.6 is 0 Å². The van der Waals surface area contributed by atoms with Gasteiger partial charge in [-0.05, 0) is 25.5 Å². The quantitative estimate of drug-likeness (QED) is 0.812. The molecule has 0 radical (unpaired) electrons. The van der Waals surface area contributed by atoms with E-state index >= 15 is 0 Å². The van der Waals surface area contributed by atoms with E-state index in [1.54, 1.807) is 0 Å². The average Bonchev–Trinajstić information content (AvgIpc) is 2.77. The van der Waals surface area contributed by atoms with E-state index in [0.29, 0.717) is 12.6 Å². The van der Waals surface area contributed by atoms with Crippen molar-refractivity contribution in [2.24, 2.45) is 5.73 Å². The molecular weight excluding hydrogens is 248 g/mol. The molecule has 1 unspecified atom stereocenters. The Hall–Kier alpha value is -0.900. The summed E-state index contributed by atoms with van der Waals surface area (Å²) in [6, 6.07) is 10.6. The molecular formula is C17H28N2O. The highest BCUT2D eigenvalue weighted by Gasteiger charge is 2.30. The van der Waals surface area contributed by atoms with E-state index in [1.807, 2.05) is 30.3 Å². The largest absolute Gasteiger partial charge is 0.394 e. The van der Waals surface area contributed by atoms with Gasteiger partial charge in [-0.25, -0.2) is 0 Å². The van der Waals surface area contributed by atoms with Gasteiger partial charge in [-0.1, -0.05) is 56.0 Å². The Kier molecular flexibility index (Phi) is 5.58. The van der Waals surface area contributed by atoms with Gasteiger partial charge in [-0.3, -0.25) is 0 Å². The number of benzene rings is 1. The minimum Gasteiger partial charge on any atom is -0.394 e. The first-order valence-electron chi connectivity index (χ1n) is 7.81. The molecule has 1 aliphatic carbocycles. The lowest BCUT2D eigenvalue weighted by Gasteiger charge is -2.36. The Morgan fingerprint density at radius 3 is 2.30 bits per heavy atom. The topological polar surface area (TPSA) is 49.5 Å². The number of hydrogen-bond donors (Lipinski definition) is 2. The number of likely N-dealkylation sites (N-methyl/N-ethyl adjacent to an activating group) is 1. The number of aliphatic hydroxyl groups is 1. The molecule has 3 heteroatoms. The van der Waals surface area contributed by atoms with Gasteiger partial charge in [-0.15, -0.1) is 0 Å². The van der Waals surface area contributed by atoms with Crippen LogP contribution in [0.2, 0.25) is 0 Å². The minimum atomic E-state index is -0.664. The van der Waals surface area contributed by atoms with Crippen LogP contribution in [0.25, 0.3) is 0 Å². The van der Waals surface area contributed by atoms with Crippen LogP contribution in [0, 0.1) is 0 Å². The van der Waals surface area contributed by atoms with Crippen molar-refractivity contribution in [1.29, 1.82) is 0 Å². The highest BCUT2D eigenvalue weighted by atomic mass is 16.3. The van der Waals surface area contributed by atoms with Crippen molar-refractivity contribution in [2.45, 2.75) is 50.1 Å². The summed E-state index contributed by atoms with van der Waals surface area (Å²) in [6.07, 6.45) is 7.86. The molecule has 2 rings (SSSR count). The molecule has 0 amide bonds. The van der Waals surface area contributed by atoms with Crippen LogP contribution in [-0.4, -0.2) is 36.2 Å². The second kappa shape index (κ2) is 7.21. The fourth-order valence-corrected chi connectivity index (χ4v) is 3.28. The van der Waals surface area contributed by atoms with E-state index in [1.165, 1.54) is 38.5 Å². The fourth-order valence-electron chi connectivity index (χ4n) is 3.28. The molecule has 3 nitrogen and oxygen atoms in total. The zero-order chi connectivity index (χ0) is 14.4. The third-order valence-corrected chi connectivity index (χ3v) is 4.61. The van der Waals surface area contributed by atoms with Crippen LogP contribution in [0.1, 0.15) is 44.1 Å². The Morgan fingerprint density at radius 1 is 1.15 bits per heavy atom. The van der Waals surface area contributed by atoms with E-state index in [2.05, 4.69) is 11.9 Å². The fraction of sp³-hybridized carbons (Fsp3) is 0.647. The molecule has 112 valence electrons. The first kappa shape index (κ1) is 15.5. The molecule has 0 saturated heterocycles. The molecule has 1 saturated carbocycles. The van der Waals surface area contributed by atoms with Crippen LogP contribution in [0.15, 0.2) is 30.3 Å². The Balaban J connectivity index is 2.05. The maximum atomic E-state index is 9.79. The SMILES string of the molecule is CN(CC(N)(CO)c1ccccc1)C1CCCCCC1. The number of hydrogen-bond acceptors (Lipinski definition) is 3. The van der Waals surface area contributed by atoms with Gasteiger partial charge in [0, 0.05) is 12.6 Å². The van der Waals surface area contributed by atoms with E-state index in [4.69, 9.17) is 5.73 Å². The first-order valence-corrected chi connectivity index (χ1v) is 7.81. The lowest BCUT2D eigenvalue weighted by atomic mass is 9.90. The smallest absolute Gasteiger partial charge is 0.0772 e. The summed E-state index contributed by atoms with van der Waals surface area (Å²) in [7, 11) is 2.15. The van der Waals surface area contributed by atoms with Gasteiger partial charge in [-0.2, -0.15) is 0 Å². The predicted octanol–water partition coefficient (Wildman–Crippen LogP) is 2.49. The van der Waals surface area contributed by atoms with Crippen molar-refractivity contribution >= 4 is 0 Å². The maximum Gasteiger partial charge on any atom is 0.0772 e. The van der Waals surface area contributed by atoms with Crippen molar-refractivity contribution in [3.63, 3.8) is 0 Å². The number of rotatable bonds is 5. The van der Waals surface area contributed by atoms with Crippen molar-refractivity contribution in [2.75, 3.05) is 20.2 Å². The highest BCUT2D eigenvalue weighted by molar-refractivity contribution is 5.24. The Morgan fingerprint density at radius 2 is 1.75 bits per heavy atom. The lowest BCUT2D eigenvalue weighted by molar-refractivity contribution is 0.120. The maximum absolute atomic E-state index is 9.79. The lowest BCUT2D eigenvalue weighted by Crippen LogP contribution is -2.51. The van der Waals surface area contributed by atoms with Crippen LogP contribution in [0.5, 0.6) is 0 Å². The van der Waals surface area contributed by atoms with E-state index in [-0.39, 0.29) is 6.61 Å². The van der Waals surface area contributed by atoms with Gasteiger partial charge in [0.25, 0.3) is 0 Å². The van der Waals surface area contributed by atoms with Gasteiger partial charge in [0.1, 0.15) is 0 Å². The summed E-state index contributed by atoms with van der Waals surface area (Å²) in [4.78, 5) is 2.36. The van der Waals surface area contributed by atoms with E-state index in [0.717, 1.165) is 5.56 Å². The van der Waals surface area contributed by atoms with Gasteiger partial charge < -0.3 is 15.7 Å².